The van der Waals surface area contributed by atoms with Crippen LogP contribution in [0.5, 0.6) is 17.5 Å². The fourth-order valence-electron chi connectivity index (χ4n) is 1.73. The summed E-state index contributed by atoms with van der Waals surface area (Å²) in [6.07, 6.45) is -3.77. The molecule has 0 bridgehead atoms. The van der Waals surface area contributed by atoms with E-state index in [0.29, 0.717) is 0 Å². The predicted octanol–water partition coefficient (Wildman–Crippen LogP) is 4.00. The molecule has 1 aromatic heterocycles. The summed E-state index contributed by atoms with van der Waals surface area (Å²) in [5.41, 5.74) is 0.0848. The van der Waals surface area contributed by atoms with Crippen molar-refractivity contribution in [3.63, 3.8) is 0 Å². The van der Waals surface area contributed by atoms with E-state index < -0.39 is 18.4 Å². The summed E-state index contributed by atoms with van der Waals surface area (Å²) >= 11 is 0. The Morgan fingerprint density at radius 2 is 1.88 bits per heavy atom. The number of halogens is 4. The molecule has 5 nitrogen and oxygen atoms in total. The van der Waals surface area contributed by atoms with E-state index >= 15 is 0 Å². The molecule has 126 valence electrons. The van der Waals surface area contributed by atoms with Gasteiger partial charge in [-0.15, -0.1) is 0 Å². The lowest BCUT2D eigenvalue weighted by molar-refractivity contribution is -0.136. The van der Waals surface area contributed by atoms with E-state index in [-0.39, 0.29) is 36.1 Å². The van der Waals surface area contributed by atoms with Crippen LogP contribution in [0.25, 0.3) is 0 Å². The molecule has 0 aliphatic carbocycles. The van der Waals surface area contributed by atoms with Gasteiger partial charge in [-0.2, -0.15) is 18.4 Å². The Hall–Kier alpha value is -2.89. The first-order valence-corrected chi connectivity index (χ1v) is 6.77. The lowest BCUT2D eigenvalue weighted by Crippen LogP contribution is -2.10. The average Bonchev–Trinajstić information content (AvgIpc) is 2.53. The van der Waals surface area contributed by atoms with Crippen molar-refractivity contribution < 1.29 is 27.0 Å². The second-order valence-electron chi connectivity index (χ2n) is 4.60. The summed E-state index contributed by atoms with van der Waals surface area (Å²) in [4.78, 5) is 7.21. The fraction of sp³-hybridized carbons (Fsp3) is 0.267. The SMILES string of the molecule is N#Cc1cccc(Oc2ncc(F)cn2)c1OCCCC(F)(F)F. The zero-order valence-corrected chi connectivity index (χ0v) is 12.2. The molecule has 0 radical (unpaired) electrons. The maximum atomic E-state index is 12.8. The molecular weight excluding hydrogens is 330 g/mol. The summed E-state index contributed by atoms with van der Waals surface area (Å²) in [5, 5.41) is 9.08. The Kier molecular flexibility index (Phi) is 5.52. The van der Waals surface area contributed by atoms with Gasteiger partial charge in [0.15, 0.2) is 17.3 Å². The van der Waals surface area contributed by atoms with Crippen molar-refractivity contribution in [2.75, 3.05) is 6.61 Å². The van der Waals surface area contributed by atoms with Gasteiger partial charge in [-0.3, -0.25) is 0 Å². The highest BCUT2D eigenvalue weighted by molar-refractivity contribution is 5.53. The largest absolute Gasteiger partial charge is 0.488 e. The summed E-state index contributed by atoms with van der Waals surface area (Å²) in [6, 6.07) is 6.04. The number of para-hydroxylation sites is 1. The number of hydrogen-bond acceptors (Lipinski definition) is 5. The third-order valence-electron chi connectivity index (χ3n) is 2.75. The van der Waals surface area contributed by atoms with Gasteiger partial charge in [-0.1, -0.05) is 6.07 Å². The van der Waals surface area contributed by atoms with Crippen LogP contribution in [0.1, 0.15) is 18.4 Å². The van der Waals surface area contributed by atoms with Crippen LogP contribution >= 0.6 is 0 Å². The van der Waals surface area contributed by atoms with Crippen LogP contribution in [-0.2, 0) is 0 Å². The summed E-state index contributed by atoms with van der Waals surface area (Å²) in [6.45, 7) is -0.251. The predicted molar refractivity (Wildman–Crippen MR) is 74.0 cm³/mol. The van der Waals surface area contributed by atoms with E-state index in [1.54, 1.807) is 0 Å². The molecule has 2 aromatic rings. The van der Waals surface area contributed by atoms with Crippen molar-refractivity contribution >= 4 is 0 Å². The molecule has 2 rings (SSSR count). The van der Waals surface area contributed by atoms with Gasteiger partial charge in [0.25, 0.3) is 0 Å². The molecular formula is C15H11F4N3O2. The monoisotopic (exact) mass is 341 g/mol. The number of hydrogen-bond donors (Lipinski definition) is 0. The molecule has 1 heterocycles. The van der Waals surface area contributed by atoms with Gasteiger partial charge in [-0.25, -0.2) is 14.4 Å². The van der Waals surface area contributed by atoms with E-state index in [1.165, 1.54) is 18.2 Å². The highest BCUT2D eigenvalue weighted by Gasteiger charge is 2.26. The zero-order valence-electron chi connectivity index (χ0n) is 12.2. The third-order valence-corrected chi connectivity index (χ3v) is 2.75. The van der Waals surface area contributed by atoms with Crippen LogP contribution in [0.4, 0.5) is 17.6 Å². The van der Waals surface area contributed by atoms with Crippen molar-refractivity contribution in [3.8, 4) is 23.6 Å². The van der Waals surface area contributed by atoms with E-state index in [0.717, 1.165) is 12.4 Å². The second-order valence-corrected chi connectivity index (χ2v) is 4.60. The van der Waals surface area contributed by atoms with Crippen molar-refractivity contribution in [1.82, 2.24) is 9.97 Å². The molecule has 0 saturated heterocycles. The molecule has 0 unspecified atom stereocenters. The Morgan fingerprint density at radius 3 is 2.50 bits per heavy atom. The van der Waals surface area contributed by atoms with Crippen LogP contribution in [0.2, 0.25) is 0 Å². The quantitative estimate of drug-likeness (QED) is 0.587. The van der Waals surface area contributed by atoms with Crippen LogP contribution in [0.15, 0.2) is 30.6 Å². The lowest BCUT2D eigenvalue weighted by Gasteiger charge is -2.13. The normalized spacial score (nSPS) is 11.0. The molecule has 1 aromatic carbocycles. The number of alkyl halides is 3. The minimum Gasteiger partial charge on any atom is -0.488 e. The maximum absolute atomic E-state index is 12.8. The van der Waals surface area contributed by atoms with Gasteiger partial charge in [-0.05, 0) is 18.6 Å². The molecule has 0 amide bonds. The number of nitriles is 1. The fourth-order valence-corrected chi connectivity index (χ4v) is 1.73. The molecule has 0 atom stereocenters. The van der Waals surface area contributed by atoms with Gasteiger partial charge in [0.1, 0.15) is 6.07 Å². The minimum atomic E-state index is -4.28. The van der Waals surface area contributed by atoms with Gasteiger partial charge < -0.3 is 9.47 Å². The topological polar surface area (TPSA) is 68.0 Å². The molecule has 0 aliphatic rings. The highest BCUT2D eigenvalue weighted by Crippen LogP contribution is 2.33. The standard InChI is InChI=1S/C15H11F4N3O2/c16-11-8-21-14(22-9-11)24-12-4-1-3-10(7-20)13(12)23-6-2-5-15(17,18)19/h1,3-4,8-9H,2,5-6H2. The molecule has 9 heteroatoms. The Balaban J connectivity index is 2.13. The van der Waals surface area contributed by atoms with E-state index in [2.05, 4.69) is 9.97 Å². The smallest absolute Gasteiger partial charge is 0.389 e. The van der Waals surface area contributed by atoms with Crippen LogP contribution in [0.3, 0.4) is 0 Å². The van der Waals surface area contributed by atoms with Gasteiger partial charge in [0.2, 0.25) is 0 Å². The Bertz CT molecular complexity index is 727. The molecule has 0 saturated carbocycles. The average molecular weight is 341 g/mol. The number of benzene rings is 1. The van der Waals surface area contributed by atoms with E-state index in [1.807, 2.05) is 6.07 Å². The second kappa shape index (κ2) is 7.59. The van der Waals surface area contributed by atoms with E-state index in [9.17, 15) is 17.6 Å². The molecule has 24 heavy (non-hydrogen) atoms. The molecule has 0 aliphatic heterocycles. The van der Waals surface area contributed by atoms with Crippen molar-refractivity contribution in [2.45, 2.75) is 19.0 Å². The maximum Gasteiger partial charge on any atom is 0.389 e. The van der Waals surface area contributed by atoms with Gasteiger partial charge in [0, 0.05) is 6.42 Å². The van der Waals surface area contributed by atoms with Gasteiger partial charge >= 0.3 is 12.2 Å². The number of aromatic nitrogens is 2. The highest BCUT2D eigenvalue weighted by atomic mass is 19.4. The van der Waals surface area contributed by atoms with Crippen molar-refractivity contribution in [3.05, 3.63) is 42.0 Å². The minimum absolute atomic E-state index is 0.0184. The Morgan fingerprint density at radius 1 is 1.17 bits per heavy atom. The summed E-state index contributed by atoms with van der Waals surface area (Å²) in [7, 11) is 0. The molecule has 0 spiro atoms. The Labute approximate surface area is 134 Å². The first-order chi connectivity index (χ1) is 11.4. The van der Waals surface area contributed by atoms with E-state index in [4.69, 9.17) is 14.7 Å². The van der Waals surface area contributed by atoms with Crippen molar-refractivity contribution in [1.29, 1.82) is 5.26 Å². The third kappa shape index (κ3) is 5.08. The van der Waals surface area contributed by atoms with Crippen LogP contribution in [0, 0.1) is 17.1 Å². The molecule has 0 N–H and O–H groups in total. The van der Waals surface area contributed by atoms with Crippen molar-refractivity contribution in [2.24, 2.45) is 0 Å². The summed E-state index contributed by atoms with van der Waals surface area (Å²) in [5.74, 6) is -0.625. The lowest BCUT2D eigenvalue weighted by atomic mass is 10.2. The van der Waals surface area contributed by atoms with Crippen LogP contribution in [-0.4, -0.2) is 22.8 Å². The number of rotatable bonds is 6. The summed E-state index contributed by atoms with van der Waals surface area (Å²) < 4.78 is 59.8. The molecule has 0 fully saturated rings. The first kappa shape index (κ1) is 17.5. The van der Waals surface area contributed by atoms with Gasteiger partial charge in [0.05, 0.1) is 24.6 Å². The zero-order chi connectivity index (χ0) is 17.6. The van der Waals surface area contributed by atoms with Crippen LogP contribution < -0.4 is 9.47 Å². The first-order valence-electron chi connectivity index (χ1n) is 6.77. The number of nitrogens with zero attached hydrogens (tertiary/aromatic N) is 3. The number of ether oxygens (including phenoxy) is 2.